The van der Waals surface area contributed by atoms with Crippen molar-refractivity contribution in [1.29, 1.82) is 0 Å². The number of nitrogens with zero attached hydrogens (tertiary/aromatic N) is 3. The fourth-order valence-electron chi connectivity index (χ4n) is 5.19. The van der Waals surface area contributed by atoms with Crippen LogP contribution < -0.4 is 5.48 Å². The average Bonchev–Trinajstić information content (AvgIpc) is 2.88. The van der Waals surface area contributed by atoms with Gasteiger partial charge in [-0.2, -0.15) is 0 Å². The van der Waals surface area contributed by atoms with Gasteiger partial charge >= 0.3 is 0 Å². The second kappa shape index (κ2) is 12.5. The zero-order valence-electron chi connectivity index (χ0n) is 20.2. The molecule has 36 heavy (non-hydrogen) atoms. The third-order valence-electron chi connectivity index (χ3n) is 7.02. The number of fused-ring (bicyclic) bond motifs is 1. The molecule has 3 saturated heterocycles. The molecule has 2 aromatic rings. The van der Waals surface area contributed by atoms with Crippen molar-refractivity contribution in [2.24, 2.45) is 0 Å². The molecule has 0 saturated carbocycles. The van der Waals surface area contributed by atoms with Crippen LogP contribution >= 0.6 is 12.4 Å². The van der Waals surface area contributed by atoms with E-state index < -0.39 is 0 Å². The van der Waals surface area contributed by atoms with Gasteiger partial charge < -0.3 is 14.5 Å². The minimum atomic E-state index is 0. The van der Waals surface area contributed by atoms with Crippen LogP contribution in [0.2, 0.25) is 0 Å². The molecule has 192 valence electrons. The molecule has 0 aromatic heterocycles. The van der Waals surface area contributed by atoms with E-state index in [1.807, 2.05) is 4.90 Å². The average molecular weight is 513 g/mol. The summed E-state index contributed by atoms with van der Waals surface area (Å²) in [6, 6.07) is 22.7. The number of hydroxylamine groups is 1. The minimum Gasteiger partial charge on any atom is -0.416 e. The van der Waals surface area contributed by atoms with E-state index in [0.717, 1.165) is 32.7 Å². The quantitative estimate of drug-likeness (QED) is 0.672. The van der Waals surface area contributed by atoms with E-state index in [4.69, 9.17) is 4.74 Å². The van der Waals surface area contributed by atoms with Crippen LogP contribution in [0.15, 0.2) is 73.0 Å². The molecule has 0 aliphatic carbocycles. The van der Waals surface area contributed by atoms with Gasteiger partial charge in [0.15, 0.2) is 5.78 Å². The van der Waals surface area contributed by atoms with Crippen LogP contribution in [0.5, 0.6) is 0 Å². The van der Waals surface area contributed by atoms with Gasteiger partial charge in [0, 0.05) is 44.8 Å². The van der Waals surface area contributed by atoms with Gasteiger partial charge in [0.1, 0.15) is 12.9 Å². The van der Waals surface area contributed by atoms with Gasteiger partial charge in [0.05, 0.1) is 25.2 Å². The number of nitrogens with one attached hydrogen (secondary N) is 1. The van der Waals surface area contributed by atoms with E-state index in [1.165, 1.54) is 23.5 Å². The first-order valence-corrected chi connectivity index (χ1v) is 12.2. The number of piperazine rings is 1. The van der Waals surface area contributed by atoms with Crippen molar-refractivity contribution >= 4 is 24.1 Å². The van der Waals surface area contributed by atoms with Crippen molar-refractivity contribution < 1.29 is 19.2 Å². The number of amides is 1. The fourth-order valence-corrected chi connectivity index (χ4v) is 5.19. The Morgan fingerprint density at radius 3 is 2.08 bits per heavy atom. The standard InChI is InChI=1S/C23H27N3O2.C4H5NO2.ClH/c27-22-17-28-16-21-15-24(11-12-26(21)22)20-13-25(14-20)23(18-7-3-1-4-8-18)19-9-5-2-6-10-19;6-4-1-2-7-5-3-4;/h1-10,20-21,23H,11-17H2;1-2,5H,3H2;1H. The Morgan fingerprint density at radius 2 is 1.53 bits per heavy atom. The van der Waals surface area contributed by atoms with Crippen LogP contribution in [0.25, 0.3) is 0 Å². The smallest absolute Gasteiger partial charge is 0.248 e. The zero-order valence-corrected chi connectivity index (χ0v) is 21.0. The molecule has 0 radical (unpaired) electrons. The SMILES string of the molecule is Cl.O=C1C=CONC1.O=C1COCC2CN(C3CN(C(c4ccccc4)c4ccccc4)C3)CCN12. The van der Waals surface area contributed by atoms with Crippen molar-refractivity contribution in [3.05, 3.63) is 84.1 Å². The molecule has 4 heterocycles. The molecule has 4 aliphatic heterocycles. The van der Waals surface area contributed by atoms with Crippen molar-refractivity contribution in [3.8, 4) is 0 Å². The Balaban J connectivity index is 0.000000331. The van der Waals surface area contributed by atoms with Gasteiger partial charge in [-0.15, -0.1) is 17.9 Å². The molecule has 1 unspecified atom stereocenters. The number of carbonyl (C=O) groups is 2. The number of likely N-dealkylation sites (tertiary alicyclic amines) is 1. The van der Waals surface area contributed by atoms with Crippen LogP contribution in [0.4, 0.5) is 0 Å². The molecular formula is C27H33ClN4O4. The number of ketones is 1. The molecule has 0 spiro atoms. The summed E-state index contributed by atoms with van der Waals surface area (Å²) in [4.78, 5) is 33.9. The second-order valence-electron chi connectivity index (χ2n) is 9.29. The van der Waals surface area contributed by atoms with E-state index in [9.17, 15) is 9.59 Å². The van der Waals surface area contributed by atoms with Gasteiger partial charge in [0.2, 0.25) is 5.91 Å². The number of rotatable bonds is 4. The number of morpholine rings is 1. The highest BCUT2D eigenvalue weighted by molar-refractivity contribution is 5.91. The molecule has 9 heteroatoms. The summed E-state index contributed by atoms with van der Waals surface area (Å²) >= 11 is 0. The van der Waals surface area contributed by atoms with Crippen LogP contribution in [0.1, 0.15) is 17.2 Å². The van der Waals surface area contributed by atoms with E-state index in [2.05, 4.69) is 80.8 Å². The van der Waals surface area contributed by atoms with Gasteiger partial charge in [-0.3, -0.25) is 19.4 Å². The zero-order chi connectivity index (χ0) is 24.0. The summed E-state index contributed by atoms with van der Waals surface area (Å²) in [5.41, 5.74) is 5.10. The van der Waals surface area contributed by atoms with Crippen LogP contribution in [0.3, 0.4) is 0 Å². The molecule has 3 fully saturated rings. The van der Waals surface area contributed by atoms with Gasteiger partial charge in [0.25, 0.3) is 0 Å². The second-order valence-corrected chi connectivity index (χ2v) is 9.29. The maximum Gasteiger partial charge on any atom is 0.248 e. The van der Waals surface area contributed by atoms with E-state index in [1.54, 1.807) is 0 Å². The first kappa shape index (κ1) is 26.3. The minimum absolute atomic E-state index is 0. The molecule has 4 aliphatic rings. The molecule has 1 atom stereocenters. The molecule has 1 amide bonds. The Kier molecular flexibility index (Phi) is 9.12. The van der Waals surface area contributed by atoms with Crippen molar-refractivity contribution in [3.63, 3.8) is 0 Å². The maximum atomic E-state index is 12.0. The third kappa shape index (κ3) is 6.14. The molecular weight excluding hydrogens is 480 g/mol. The predicted molar refractivity (Wildman–Crippen MR) is 138 cm³/mol. The summed E-state index contributed by atoms with van der Waals surface area (Å²) in [6.07, 6.45) is 2.71. The Hall–Kier alpha value is -2.75. The Labute approximate surface area is 218 Å². The summed E-state index contributed by atoms with van der Waals surface area (Å²) in [7, 11) is 0. The molecule has 8 nitrogen and oxygen atoms in total. The van der Waals surface area contributed by atoms with Crippen molar-refractivity contribution in [2.75, 3.05) is 52.5 Å². The van der Waals surface area contributed by atoms with Gasteiger partial charge in [-0.05, 0) is 11.1 Å². The number of hydrogen-bond donors (Lipinski definition) is 1. The van der Waals surface area contributed by atoms with E-state index in [0.29, 0.717) is 18.7 Å². The van der Waals surface area contributed by atoms with Gasteiger partial charge in [-0.1, -0.05) is 60.7 Å². The van der Waals surface area contributed by atoms with Gasteiger partial charge in [-0.25, -0.2) is 0 Å². The number of ether oxygens (including phenoxy) is 1. The summed E-state index contributed by atoms with van der Waals surface area (Å²) < 4.78 is 5.48. The number of benzene rings is 2. The highest BCUT2D eigenvalue weighted by Crippen LogP contribution is 2.34. The first-order chi connectivity index (χ1) is 17.2. The highest BCUT2D eigenvalue weighted by atomic mass is 35.5. The largest absolute Gasteiger partial charge is 0.416 e. The molecule has 1 N–H and O–H groups in total. The van der Waals surface area contributed by atoms with Crippen LogP contribution in [0, 0.1) is 0 Å². The number of hydrogen-bond acceptors (Lipinski definition) is 7. The lowest BCUT2D eigenvalue weighted by molar-refractivity contribution is -0.155. The molecule has 2 aromatic carbocycles. The highest BCUT2D eigenvalue weighted by Gasteiger charge is 2.41. The summed E-state index contributed by atoms with van der Waals surface area (Å²) in [6.45, 7) is 6.10. The lowest BCUT2D eigenvalue weighted by atomic mass is 9.92. The van der Waals surface area contributed by atoms with Crippen molar-refractivity contribution in [2.45, 2.75) is 18.1 Å². The topological polar surface area (TPSA) is 74.3 Å². The monoisotopic (exact) mass is 512 g/mol. The van der Waals surface area contributed by atoms with Crippen LogP contribution in [-0.4, -0.2) is 91.0 Å². The Morgan fingerprint density at radius 1 is 0.861 bits per heavy atom. The molecule has 6 rings (SSSR count). The Bertz CT molecular complexity index is 993. The predicted octanol–water partition coefficient (Wildman–Crippen LogP) is 2.03. The lowest BCUT2D eigenvalue weighted by Crippen LogP contribution is -2.67. The first-order valence-electron chi connectivity index (χ1n) is 12.2. The summed E-state index contributed by atoms with van der Waals surface area (Å²) in [5.74, 6) is 0.200. The lowest BCUT2D eigenvalue weighted by Gasteiger charge is -2.53. The summed E-state index contributed by atoms with van der Waals surface area (Å²) in [5, 5.41) is 0. The maximum absolute atomic E-state index is 12.0. The van der Waals surface area contributed by atoms with E-state index >= 15 is 0 Å². The molecule has 0 bridgehead atoms. The van der Waals surface area contributed by atoms with E-state index in [-0.39, 0.29) is 43.3 Å². The normalized spacial score (nSPS) is 22.6. The van der Waals surface area contributed by atoms with Crippen molar-refractivity contribution in [1.82, 2.24) is 20.2 Å². The third-order valence-corrected chi connectivity index (χ3v) is 7.02. The number of carbonyl (C=O) groups excluding carboxylic acids is 2. The van der Waals surface area contributed by atoms with Crippen LogP contribution in [-0.2, 0) is 19.2 Å². The fraction of sp³-hybridized carbons (Fsp3) is 0.407. The number of halogens is 1.